The van der Waals surface area contributed by atoms with Crippen molar-refractivity contribution in [2.75, 3.05) is 6.54 Å². The lowest BCUT2D eigenvalue weighted by molar-refractivity contribution is -0.120. The molecule has 0 bridgehead atoms. The van der Waals surface area contributed by atoms with Crippen LogP contribution in [0.1, 0.15) is 27.2 Å². The van der Waals surface area contributed by atoms with Gasteiger partial charge in [-0.2, -0.15) is 0 Å². The van der Waals surface area contributed by atoms with E-state index in [0.717, 1.165) is 29.5 Å². The minimum Gasteiger partial charge on any atom is -0.355 e. The number of halogens is 1. The zero-order valence-corrected chi connectivity index (χ0v) is 15.1. The third-order valence-corrected chi connectivity index (χ3v) is 4.60. The molecule has 1 aromatic carbocycles. The van der Waals surface area contributed by atoms with E-state index < -0.39 is 0 Å². The normalized spacial score (nSPS) is 12.2. The standard InChI is InChI=1S/C16H21ClN4OS/c1-4-10-21-14(12-6-8-13(17)9-7-12)19-20-16(21)23-11(3)15(22)18-5-2/h6-9,11H,4-5,10H2,1-3H3,(H,18,22)/t11-/m1/s1. The van der Waals surface area contributed by atoms with Gasteiger partial charge < -0.3 is 9.88 Å². The van der Waals surface area contributed by atoms with E-state index in [2.05, 4.69) is 27.0 Å². The molecule has 7 heteroatoms. The van der Waals surface area contributed by atoms with Crippen LogP contribution in [-0.2, 0) is 11.3 Å². The largest absolute Gasteiger partial charge is 0.355 e. The second-order valence-corrected chi connectivity index (χ2v) is 6.86. The third kappa shape index (κ3) is 4.48. The molecule has 0 aliphatic heterocycles. The van der Waals surface area contributed by atoms with Crippen molar-refractivity contribution in [3.8, 4) is 11.4 Å². The molecule has 2 aromatic rings. The van der Waals surface area contributed by atoms with Gasteiger partial charge in [-0.1, -0.05) is 30.3 Å². The van der Waals surface area contributed by atoms with Gasteiger partial charge in [-0.3, -0.25) is 4.79 Å². The predicted molar refractivity (Wildman–Crippen MR) is 94.8 cm³/mol. The van der Waals surface area contributed by atoms with E-state index in [0.29, 0.717) is 11.6 Å². The van der Waals surface area contributed by atoms with Crippen LogP contribution in [0.5, 0.6) is 0 Å². The Morgan fingerprint density at radius 3 is 2.61 bits per heavy atom. The zero-order valence-electron chi connectivity index (χ0n) is 13.5. The molecule has 1 N–H and O–H groups in total. The summed E-state index contributed by atoms with van der Waals surface area (Å²) in [6.07, 6.45) is 0.960. The van der Waals surface area contributed by atoms with Crippen molar-refractivity contribution in [3.05, 3.63) is 29.3 Å². The van der Waals surface area contributed by atoms with E-state index >= 15 is 0 Å². The number of hydrogen-bond donors (Lipinski definition) is 1. The van der Waals surface area contributed by atoms with Crippen molar-refractivity contribution in [2.24, 2.45) is 0 Å². The molecule has 0 aliphatic rings. The van der Waals surface area contributed by atoms with Gasteiger partial charge in [-0.25, -0.2) is 0 Å². The number of carbonyl (C=O) groups excluding carboxylic acids is 1. The molecule has 0 radical (unpaired) electrons. The van der Waals surface area contributed by atoms with Gasteiger partial charge in [-0.05, 0) is 44.5 Å². The fraction of sp³-hybridized carbons (Fsp3) is 0.438. The number of benzene rings is 1. The summed E-state index contributed by atoms with van der Waals surface area (Å²) in [4.78, 5) is 11.9. The Bertz CT molecular complexity index is 657. The molecule has 5 nitrogen and oxygen atoms in total. The SMILES string of the molecule is CCCn1c(S[C@H](C)C(=O)NCC)nnc1-c1ccc(Cl)cc1. The molecule has 0 spiro atoms. The van der Waals surface area contributed by atoms with E-state index in [-0.39, 0.29) is 11.2 Å². The monoisotopic (exact) mass is 352 g/mol. The van der Waals surface area contributed by atoms with E-state index in [1.807, 2.05) is 38.1 Å². The van der Waals surface area contributed by atoms with Crippen LogP contribution in [0, 0.1) is 0 Å². The first kappa shape index (κ1) is 17.8. The number of carbonyl (C=O) groups is 1. The van der Waals surface area contributed by atoms with Crippen molar-refractivity contribution < 1.29 is 4.79 Å². The minimum absolute atomic E-state index is 0.0107. The molecule has 0 fully saturated rings. The zero-order chi connectivity index (χ0) is 16.8. The highest BCUT2D eigenvalue weighted by Crippen LogP contribution is 2.27. The Morgan fingerprint density at radius 2 is 2.00 bits per heavy atom. The van der Waals surface area contributed by atoms with Crippen LogP contribution in [0.4, 0.5) is 0 Å². The molecule has 1 amide bonds. The van der Waals surface area contributed by atoms with Gasteiger partial charge in [-0.15, -0.1) is 10.2 Å². The molecular weight excluding hydrogens is 332 g/mol. The van der Waals surface area contributed by atoms with Crippen molar-refractivity contribution in [2.45, 2.75) is 44.1 Å². The van der Waals surface area contributed by atoms with Gasteiger partial charge in [0.2, 0.25) is 5.91 Å². The molecule has 1 atom stereocenters. The highest BCUT2D eigenvalue weighted by Gasteiger charge is 2.20. The number of rotatable bonds is 7. The Balaban J connectivity index is 2.27. The number of nitrogens with zero attached hydrogens (tertiary/aromatic N) is 3. The van der Waals surface area contributed by atoms with Crippen LogP contribution in [0.25, 0.3) is 11.4 Å². The topological polar surface area (TPSA) is 59.8 Å². The highest BCUT2D eigenvalue weighted by molar-refractivity contribution is 8.00. The summed E-state index contributed by atoms with van der Waals surface area (Å²) in [5.41, 5.74) is 0.966. The molecule has 1 heterocycles. The lowest BCUT2D eigenvalue weighted by atomic mass is 10.2. The maximum atomic E-state index is 11.9. The Hall–Kier alpha value is -1.53. The fourth-order valence-corrected chi connectivity index (χ4v) is 3.17. The van der Waals surface area contributed by atoms with Gasteiger partial charge in [0, 0.05) is 23.7 Å². The van der Waals surface area contributed by atoms with Gasteiger partial charge in [0.1, 0.15) is 0 Å². The molecule has 0 saturated heterocycles. The Morgan fingerprint density at radius 1 is 1.30 bits per heavy atom. The summed E-state index contributed by atoms with van der Waals surface area (Å²) in [7, 11) is 0. The van der Waals surface area contributed by atoms with Crippen LogP contribution >= 0.6 is 23.4 Å². The molecule has 2 rings (SSSR count). The summed E-state index contributed by atoms with van der Waals surface area (Å²) in [5, 5.41) is 12.7. The highest BCUT2D eigenvalue weighted by atomic mass is 35.5. The van der Waals surface area contributed by atoms with E-state index in [1.54, 1.807) is 0 Å². The Kier molecular flexibility index (Phi) is 6.47. The summed E-state index contributed by atoms with van der Waals surface area (Å²) >= 11 is 7.38. The van der Waals surface area contributed by atoms with Gasteiger partial charge in [0.15, 0.2) is 11.0 Å². The first-order chi connectivity index (χ1) is 11.1. The lowest BCUT2D eigenvalue weighted by Gasteiger charge is -2.12. The van der Waals surface area contributed by atoms with Crippen LogP contribution < -0.4 is 5.32 Å². The lowest BCUT2D eigenvalue weighted by Crippen LogP contribution is -2.30. The average Bonchev–Trinajstić information content (AvgIpc) is 2.91. The van der Waals surface area contributed by atoms with Gasteiger partial charge >= 0.3 is 0 Å². The minimum atomic E-state index is -0.215. The van der Waals surface area contributed by atoms with Crippen LogP contribution in [0.2, 0.25) is 5.02 Å². The number of amides is 1. The summed E-state index contributed by atoms with van der Waals surface area (Å²) < 4.78 is 2.06. The summed E-state index contributed by atoms with van der Waals surface area (Å²) in [6.45, 7) is 7.32. The maximum absolute atomic E-state index is 11.9. The second kappa shape index (κ2) is 8.36. The molecule has 0 saturated carbocycles. The van der Waals surface area contributed by atoms with Gasteiger partial charge in [0.25, 0.3) is 0 Å². The number of aromatic nitrogens is 3. The number of thioether (sulfide) groups is 1. The van der Waals surface area contributed by atoms with Crippen molar-refractivity contribution in [1.29, 1.82) is 0 Å². The van der Waals surface area contributed by atoms with Crippen LogP contribution in [0.15, 0.2) is 29.4 Å². The van der Waals surface area contributed by atoms with Crippen LogP contribution in [-0.4, -0.2) is 32.5 Å². The average molecular weight is 353 g/mol. The quantitative estimate of drug-likeness (QED) is 0.773. The smallest absolute Gasteiger partial charge is 0.233 e. The molecule has 23 heavy (non-hydrogen) atoms. The molecule has 1 aromatic heterocycles. The summed E-state index contributed by atoms with van der Waals surface area (Å²) in [6, 6.07) is 7.54. The molecular formula is C16H21ClN4OS. The Labute approximate surface area is 145 Å². The molecule has 0 aliphatic carbocycles. The van der Waals surface area contributed by atoms with E-state index in [9.17, 15) is 4.79 Å². The molecule has 124 valence electrons. The van der Waals surface area contributed by atoms with E-state index in [4.69, 9.17) is 11.6 Å². The number of nitrogens with one attached hydrogen (secondary N) is 1. The van der Waals surface area contributed by atoms with Crippen LogP contribution in [0.3, 0.4) is 0 Å². The van der Waals surface area contributed by atoms with E-state index in [1.165, 1.54) is 11.8 Å². The summed E-state index contributed by atoms with van der Waals surface area (Å²) in [5.74, 6) is 0.811. The van der Waals surface area contributed by atoms with Crippen molar-refractivity contribution >= 4 is 29.3 Å². The third-order valence-electron chi connectivity index (χ3n) is 3.27. The first-order valence-corrected chi connectivity index (χ1v) is 8.96. The van der Waals surface area contributed by atoms with Crippen molar-refractivity contribution in [1.82, 2.24) is 20.1 Å². The second-order valence-electron chi connectivity index (χ2n) is 5.12. The predicted octanol–water partition coefficient (Wildman–Crippen LogP) is 3.63. The first-order valence-electron chi connectivity index (χ1n) is 7.70. The molecule has 0 unspecified atom stereocenters. The maximum Gasteiger partial charge on any atom is 0.233 e. The van der Waals surface area contributed by atoms with Crippen molar-refractivity contribution in [3.63, 3.8) is 0 Å². The fourth-order valence-electron chi connectivity index (χ4n) is 2.14. The number of hydrogen-bond acceptors (Lipinski definition) is 4. The van der Waals surface area contributed by atoms with Gasteiger partial charge in [0.05, 0.1) is 5.25 Å².